The molecule has 7 nitrogen and oxygen atoms in total. The number of nitrogens with one attached hydrogen (secondary N) is 3. The molecule has 1 aliphatic carbocycles. The molecule has 1 fully saturated rings. The zero-order valence-electron chi connectivity index (χ0n) is 17.0. The first-order valence-corrected chi connectivity index (χ1v) is 10.1. The van der Waals surface area contributed by atoms with Crippen LogP contribution in [0.1, 0.15) is 29.6 Å². The van der Waals surface area contributed by atoms with Crippen molar-refractivity contribution in [2.24, 2.45) is 5.92 Å². The molecule has 0 spiro atoms. The molecular formula is C24H23N5O2. The molecule has 31 heavy (non-hydrogen) atoms. The number of hydrogen-bond acceptors (Lipinski definition) is 6. The minimum Gasteiger partial charge on any atom is -0.339 e. The fourth-order valence-corrected chi connectivity index (χ4v) is 3.09. The maximum Gasteiger partial charge on any atom is 0.247 e. The molecule has 0 radical (unpaired) electrons. The molecule has 3 aromatic rings. The van der Waals surface area contributed by atoms with Gasteiger partial charge in [-0.3, -0.25) is 9.59 Å². The lowest BCUT2D eigenvalue weighted by atomic mass is 10.1. The Morgan fingerprint density at radius 2 is 1.74 bits per heavy atom. The average Bonchev–Trinajstić information content (AvgIpc) is 3.59. The van der Waals surface area contributed by atoms with Gasteiger partial charge in [-0.15, -0.1) is 0 Å². The van der Waals surface area contributed by atoms with E-state index in [0.717, 1.165) is 18.5 Å². The highest BCUT2D eigenvalue weighted by Gasteiger charge is 2.26. The predicted molar refractivity (Wildman–Crippen MR) is 122 cm³/mol. The van der Waals surface area contributed by atoms with Crippen molar-refractivity contribution in [3.8, 4) is 0 Å². The van der Waals surface area contributed by atoms with Gasteiger partial charge in [0, 0.05) is 29.7 Å². The highest BCUT2D eigenvalue weighted by atomic mass is 16.1. The fraction of sp³-hybridized carbons (Fsp3) is 0.167. The van der Waals surface area contributed by atoms with Crippen molar-refractivity contribution in [2.75, 3.05) is 16.0 Å². The zero-order chi connectivity index (χ0) is 21.6. The maximum absolute atomic E-state index is 12.8. The van der Waals surface area contributed by atoms with Crippen LogP contribution in [0, 0.1) is 5.92 Å². The van der Waals surface area contributed by atoms with Gasteiger partial charge < -0.3 is 16.0 Å². The number of Topliss-reactive ketones (excluding diaryl/α,β-unsaturated/α-hetero) is 1. The van der Waals surface area contributed by atoms with E-state index >= 15 is 0 Å². The number of benzene rings is 2. The lowest BCUT2D eigenvalue weighted by Gasteiger charge is -2.13. The van der Waals surface area contributed by atoms with Crippen LogP contribution >= 0.6 is 0 Å². The molecule has 3 N–H and O–H groups in total. The van der Waals surface area contributed by atoms with E-state index in [-0.39, 0.29) is 11.7 Å². The number of anilines is 5. The first-order valence-electron chi connectivity index (χ1n) is 10.1. The number of hydrogen-bond donors (Lipinski definition) is 3. The van der Waals surface area contributed by atoms with Gasteiger partial charge >= 0.3 is 0 Å². The minimum absolute atomic E-state index is 0.0207. The molecule has 4 rings (SSSR count). The Kier molecular flexibility index (Phi) is 6.03. The van der Waals surface area contributed by atoms with E-state index in [9.17, 15) is 9.59 Å². The van der Waals surface area contributed by atoms with E-state index in [2.05, 4.69) is 32.5 Å². The number of nitrogens with zero attached hydrogens (tertiary/aromatic N) is 2. The first-order chi connectivity index (χ1) is 15.1. The summed E-state index contributed by atoms with van der Waals surface area (Å²) in [7, 11) is 0. The third kappa shape index (κ3) is 5.54. The molecule has 0 aliphatic heterocycles. The van der Waals surface area contributed by atoms with E-state index in [0.29, 0.717) is 41.0 Å². The number of aromatic nitrogens is 2. The topological polar surface area (TPSA) is 96.0 Å². The highest BCUT2D eigenvalue weighted by molar-refractivity contribution is 6.01. The Hall–Kier alpha value is -4.00. The average molecular weight is 413 g/mol. The minimum atomic E-state index is -0.297. The van der Waals surface area contributed by atoms with Crippen LogP contribution in [0.5, 0.6) is 0 Å². The van der Waals surface area contributed by atoms with E-state index in [1.54, 1.807) is 24.4 Å². The van der Waals surface area contributed by atoms with Gasteiger partial charge in [-0.2, -0.15) is 4.98 Å². The molecule has 156 valence electrons. The molecule has 1 aromatic heterocycles. The Morgan fingerprint density at radius 1 is 1.00 bits per heavy atom. The summed E-state index contributed by atoms with van der Waals surface area (Å²) >= 11 is 0. The normalized spacial score (nSPS) is 12.6. The summed E-state index contributed by atoms with van der Waals surface area (Å²) in [5.74, 6) is 0.986. The lowest BCUT2D eigenvalue weighted by Crippen LogP contribution is -2.10. The number of amides is 1. The zero-order valence-corrected chi connectivity index (χ0v) is 17.0. The molecular weight excluding hydrogens is 390 g/mol. The van der Waals surface area contributed by atoms with Crippen molar-refractivity contribution in [3.05, 3.63) is 79.0 Å². The Bertz CT molecular complexity index is 1110. The Morgan fingerprint density at radius 3 is 2.48 bits per heavy atom. The van der Waals surface area contributed by atoms with Crippen LogP contribution in [0.2, 0.25) is 0 Å². The smallest absolute Gasteiger partial charge is 0.247 e. The molecule has 1 heterocycles. The second-order valence-electron chi connectivity index (χ2n) is 7.42. The summed E-state index contributed by atoms with van der Waals surface area (Å²) in [6.45, 7) is 3.46. The Labute approximate surface area is 180 Å². The van der Waals surface area contributed by atoms with Gasteiger partial charge in [0.15, 0.2) is 5.78 Å². The molecule has 1 saturated carbocycles. The molecule has 0 saturated heterocycles. The molecule has 7 heteroatoms. The highest BCUT2D eigenvalue weighted by Crippen LogP contribution is 2.34. The second-order valence-corrected chi connectivity index (χ2v) is 7.42. The number of para-hydroxylation sites is 1. The maximum atomic E-state index is 12.8. The van der Waals surface area contributed by atoms with Crippen LogP contribution in [0.25, 0.3) is 0 Å². The third-order valence-corrected chi connectivity index (χ3v) is 4.87. The predicted octanol–water partition coefficient (Wildman–Crippen LogP) is 5.07. The first kappa shape index (κ1) is 20.3. The third-order valence-electron chi connectivity index (χ3n) is 4.87. The van der Waals surface area contributed by atoms with E-state index in [1.807, 2.05) is 36.4 Å². The van der Waals surface area contributed by atoms with Crippen molar-refractivity contribution < 1.29 is 9.59 Å². The van der Waals surface area contributed by atoms with Crippen molar-refractivity contribution in [2.45, 2.75) is 19.3 Å². The number of carbonyl (C=O) groups excluding carboxylic acids is 2. The van der Waals surface area contributed by atoms with Crippen molar-refractivity contribution in [1.82, 2.24) is 9.97 Å². The monoisotopic (exact) mass is 413 g/mol. The van der Waals surface area contributed by atoms with Gasteiger partial charge in [0.05, 0.1) is 5.56 Å². The van der Waals surface area contributed by atoms with E-state index < -0.39 is 0 Å². The standard InChI is InChI=1S/C24H23N5O2/c1-2-22(31)26-18-9-6-10-19(14-18)27-23-20(21(30)13-16-11-12-16)15-25-24(29-23)28-17-7-4-3-5-8-17/h2-10,14-16H,1,11-13H2,(H,26,31)(H2,25,27,28,29). The van der Waals surface area contributed by atoms with Crippen LogP contribution in [0.4, 0.5) is 28.8 Å². The quantitative estimate of drug-likeness (QED) is 0.335. The lowest BCUT2D eigenvalue weighted by molar-refractivity contribution is -0.111. The molecule has 1 aliphatic rings. The van der Waals surface area contributed by atoms with Crippen LogP contribution < -0.4 is 16.0 Å². The van der Waals surface area contributed by atoms with Crippen molar-refractivity contribution in [1.29, 1.82) is 0 Å². The summed E-state index contributed by atoms with van der Waals surface area (Å²) in [6.07, 6.45) is 5.45. The SMILES string of the molecule is C=CC(=O)Nc1cccc(Nc2nc(Nc3ccccc3)ncc2C(=O)CC2CC2)c1. The molecule has 0 bridgehead atoms. The molecule has 0 atom stereocenters. The molecule has 0 unspecified atom stereocenters. The van der Waals surface area contributed by atoms with Crippen LogP contribution in [0.15, 0.2) is 73.4 Å². The molecule has 1 amide bonds. The fourth-order valence-electron chi connectivity index (χ4n) is 3.09. The summed E-state index contributed by atoms with van der Waals surface area (Å²) in [5.41, 5.74) is 2.59. The van der Waals surface area contributed by atoms with Crippen molar-refractivity contribution >= 4 is 40.5 Å². The van der Waals surface area contributed by atoms with Crippen molar-refractivity contribution in [3.63, 3.8) is 0 Å². The van der Waals surface area contributed by atoms with Gasteiger partial charge in [-0.1, -0.05) is 30.8 Å². The van der Waals surface area contributed by atoms with Gasteiger partial charge in [-0.25, -0.2) is 4.98 Å². The van der Waals surface area contributed by atoms with Gasteiger partial charge in [0.1, 0.15) is 5.82 Å². The summed E-state index contributed by atoms with van der Waals surface area (Å²) in [6, 6.07) is 16.8. The van der Waals surface area contributed by atoms with Crippen LogP contribution in [-0.2, 0) is 4.79 Å². The van der Waals surface area contributed by atoms with Crippen LogP contribution in [0.3, 0.4) is 0 Å². The number of ketones is 1. The largest absolute Gasteiger partial charge is 0.339 e. The van der Waals surface area contributed by atoms with Gasteiger partial charge in [-0.05, 0) is 55.2 Å². The van der Waals surface area contributed by atoms with E-state index in [1.165, 1.54) is 6.08 Å². The second kappa shape index (κ2) is 9.21. The number of carbonyl (C=O) groups is 2. The van der Waals surface area contributed by atoms with Crippen LogP contribution in [-0.4, -0.2) is 21.7 Å². The Balaban J connectivity index is 1.61. The van der Waals surface area contributed by atoms with Gasteiger partial charge in [0.2, 0.25) is 11.9 Å². The summed E-state index contributed by atoms with van der Waals surface area (Å²) in [4.78, 5) is 33.3. The molecule has 2 aromatic carbocycles. The van der Waals surface area contributed by atoms with Gasteiger partial charge in [0.25, 0.3) is 0 Å². The summed E-state index contributed by atoms with van der Waals surface area (Å²) < 4.78 is 0. The van der Waals surface area contributed by atoms with E-state index in [4.69, 9.17) is 0 Å². The summed E-state index contributed by atoms with van der Waals surface area (Å²) in [5, 5.41) is 9.09. The number of rotatable bonds is 9.